The lowest BCUT2D eigenvalue weighted by Gasteiger charge is -2.09. The van der Waals surface area contributed by atoms with Crippen molar-refractivity contribution in [2.45, 2.75) is 23.8 Å². The summed E-state index contributed by atoms with van der Waals surface area (Å²) in [5.74, 6) is -0.503. The molecule has 0 atom stereocenters. The summed E-state index contributed by atoms with van der Waals surface area (Å²) in [7, 11) is -7.66. The van der Waals surface area contributed by atoms with Gasteiger partial charge in [-0.3, -0.25) is 9.52 Å². The highest BCUT2D eigenvalue weighted by molar-refractivity contribution is 7.92. The van der Waals surface area contributed by atoms with Gasteiger partial charge in [-0.2, -0.15) is 0 Å². The molecule has 0 saturated heterocycles. The van der Waals surface area contributed by atoms with Crippen LogP contribution in [0.3, 0.4) is 0 Å². The molecule has 0 radical (unpaired) electrons. The maximum Gasteiger partial charge on any atom is 0.292 e. The minimum atomic E-state index is -4.01. The maximum absolute atomic E-state index is 12.3. The number of sulfone groups is 1. The van der Waals surface area contributed by atoms with Gasteiger partial charge in [0.05, 0.1) is 11.1 Å². The number of benzene rings is 1. The molecule has 0 aliphatic heterocycles. The van der Waals surface area contributed by atoms with Crippen LogP contribution in [0.25, 0.3) is 0 Å². The lowest BCUT2D eigenvalue weighted by atomic mass is 10.2. The third-order valence-electron chi connectivity index (χ3n) is 2.90. The largest absolute Gasteiger partial charge is 0.308 e. The average molecular weight is 357 g/mol. The van der Waals surface area contributed by atoms with Crippen LogP contribution < -0.4 is 10.3 Å². The fourth-order valence-corrected chi connectivity index (χ4v) is 3.64. The monoisotopic (exact) mass is 357 g/mol. The molecule has 0 amide bonds. The van der Waals surface area contributed by atoms with Gasteiger partial charge in [0.1, 0.15) is 0 Å². The molecule has 0 saturated carbocycles. The van der Waals surface area contributed by atoms with E-state index in [1.54, 1.807) is 13.8 Å². The molecule has 0 aliphatic carbocycles. The predicted molar refractivity (Wildman–Crippen MR) is 84.7 cm³/mol. The number of hydrogen-bond donors (Lipinski definition) is 2. The lowest BCUT2D eigenvalue weighted by Crippen LogP contribution is -2.23. The Labute approximate surface area is 133 Å². The van der Waals surface area contributed by atoms with Crippen LogP contribution in [0.1, 0.15) is 11.1 Å². The number of aryl methyl sites for hydroxylation is 2. The van der Waals surface area contributed by atoms with Gasteiger partial charge in [0.2, 0.25) is 5.82 Å². The second-order valence-electron chi connectivity index (χ2n) is 5.13. The lowest BCUT2D eigenvalue weighted by molar-refractivity contribution is 0.597. The Hall–Kier alpha value is -2.20. The highest BCUT2D eigenvalue weighted by atomic mass is 32.2. The van der Waals surface area contributed by atoms with Gasteiger partial charge in [-0.05, 0) is 37.1 Å². The minimum Gasteiger partial charge on any atom is -0.308 e. The normalized spacial score (nSPS) is 12.1. The van der Waals surface area contributed by atoms with Crippen molar-refractivity contribution in [1.82, 2.24) is 9.97 Å². The van der Waals surface area contributed by atoms with Crippen LogP contribution in [0.2, 0.25) is 0 Å². The molecule has 0 aliphatic rings. The Morgan fingerprint density at radius 1 is 1.04 bits per heavy atom. The van der Waals surface area contributed by atoms with Crippen molar-refractivity contribution in [3.05, 3.63) is 45.9 Å². The van der Waals surface area contributed by atoms with E-state index in [9.17, 15) is 21.6 Å². The molecular weight excluding hydrogens is 342 g/mol. The molecule has 124 valence electrons. The third kappa shape index (κ3) is 3.96. The number of hydrogen-bond acceptors (Lipinski definition) is 6. The summed E-state index contributed by atoms with van der Waals surface area (Å²) in [5, 5.41) is -0.392. The van der Waals surface area contributed by atoms with E-state index in [1.165, 1.54) is 12.1 Å². The van der Waals surface area contributed by atoms with Gasteiger partial charge in [0.15, 0.2) is 14.9 Å². The van der Waals surface area contributed by atoms with Crippen LogP contribution in [0.4, 0.5) is 5.82 Å². The van der Waals surface area contributed by atoms with Crippen molar-refractivity contribution in [2.24, 2.45) is 0 Å². The van der Waals surface area contributed by atoms with E-state index >= 15 is 0 Å². The van der Waals surface area contributed by atoms with Gasteiger partial charge in [0.25, 0.3) is 15.6 Å². The summed E-state index contributed by atoms with van der Waals surface area (Å²) >= 11 is 0. The van der Waals surface area contributed by atoms with E-state index < -0.39 is 36.3 Å². The second-order valence-corrected chi connectivity index (χ2v) is 8.79. The first-order valence-electron chi connectivity index (χ1n) is 6.39. The van der Waals surface area contributed by atoms with Crippen molar-refractivity contribution in [1.29, 1.82) is 0 Å². The van der Waals surface area contributed by atoms with Crippen LogP contribution in [0.5, 0.6) is 0 Å². The van der Waals surface area contributed by atoms with E-state index in [2.05, 4.69) is 14.7 Å². The molecule has 2 rings (SSSR count). The van der Waals surface area contributed by atoms with Gasteiger partial charge >= 0.3 is 0 Å². The number of aromatic nitrogens is 2. The second kappa shape index (κ2) is 5.78. The number of rotatable bonds is 4. The molecular formula is C13H15N3O5S2. The van der Waals surface area contributed by atoms with Gasteiger partial charge in [0, 0.05) is 6.26 Å². The number of anilines is 1. The summed E-state index contributed by atoms with van der Waals surface area (Å²) in [6.07, 6.45) is 1.79. The highest BCUT2D eigenvalue weighted by Gasteiger charge is 2.19. The summed E-state index contributed by atoms with van der Waals surface area (Å²) in [6, 6.07) is 4.72. The molecule has 23 heavy (non-hydrogen) atoms. The first-order chi connectivity index (χ1) is 10.5. The predicted octanol–water partition coefficient (Wildman–Crippen LogP) is 0.591. The van der Waals surface area contributed by atoms with E-state index in [0.717, 1.165) is 23.6 Å². The molecule has 1 heterocycles. The smallest absolute Gasteiger partial charge is 0.292 e. The Morgan fingerprint density at radius 3 is 2.09 bits per heavy atom. The molecule has 1 aromatic heterocycles. The van der Waals surface area contributed by atoms with Crippen molar-refractivity contribution >= 4 is 25.7 Å². The van der Waals surface area contributed by atoms with Gasteiger partial charge in [-0.1, -0.05) is 6.07 Å². The zero-order chi connectivity index (χ0) is 17.4. The zero-order valence-electron chi connectivity index (χ0n) is 12.6. The molecule has 2 N–H and O–H groups in total. The van der Waals surface area contributed by atoms with Crippen molar-refractivity contribution in [2.75, 3.05) is 11.0 Å². The Kier molecular flexibility index (Phi) is 4.31. The van der Waals surface area contributed by atoms with Crippen LogP contribution in [0, 0.1) is 13.8 Å². The summed E-state index contributed by atoms with van der Waals surface area (Å²) in [4.78, 5) is 17.5. The van der Waals surface area contributed by atoms with Gasteiger partial charge in [-0.15, -0.1) is 0 Å². The van der Waals surface area contributed by atoms with E-state index in [1.807, 2.05) is 6.07 Å². The Balaban J connectivity index is 2.44. The van der Waals surface area contributed by atoms with Crippen molar-refractivity contribution in [3.8, 4) is 0 Å². The van der Waals surface area contributed by atoms with E-state index in [-0.39, 0.29) is 4.90 Å². The molecule has 0 spiro atoms. The Morgan fingerprint density at radius 2 is 1.61 bits per heavy atom. The molecule has 2 aromatic rings. The topological polar surface area (TPSA) is 126 Å². The van der Waals surface area contributed by atoms with Crippen LogP contribution >= 0.6 is 0 Å². The summed E-state index contributed by atoms with van der Waals surface area (Å²) < 4.78 is 49.4. The van der Waals surface area contributed by atoms with Crippen molar-refractivity contribution in [3.63, 3.8) is 0 Å². The quantitative estimate of drug-likeness (QED) is 0.825. The third-order valence-corrected chi connectivity index (χ3v) is 5.22. The standard InChI is InChI=1S/C13H15N3O5S2/c1-8-4-9(2)6-10(5-8)23(20,21)16-12-13(17)15-11(7-14-12)22(3,18)19/h4-7H,1-3H3,(H,14,16)(H,15,17). The number of H-pyrrole nitrogens is 1. The number of sulfonamides is 1. The zero-order valence-corrected chi connectivity index (χ0v) is 14.2. The molecule has 8 nitrogen and oxygen atoms in total. The fourth-order valence-electron chi connectivity index (χ4n) is 1.92. The summed E-state index contributed by atoms with van der Waals surface area (Å²) in [6.45, 7) is 3.50. The SMILES string of the molecule is Cc1cc(C)cc(S(=O)(=O)Nc2ncc(S(C)(=O)=O)[nH]c2=O)c1. The molecule has 10 heteroatoms. The average Bonchev–Trinajstić information content (AvgIpc) is 2.38. The molecule has 0 unspecified atom stereocenters. The van der Waals surface area contributed by atoms with E-state index in [0.29, 0.717) is 0 Å². The van der Waals surface area contributed by atoms with Crippen molar-refractivity contribution < 1.29 is 16.8 Å². The first-order valence-corrected chi connectivity index (χ1v) is 9.77. The van der Waals surface area contributed by atoms with Crippen LogP contribution in [0.15, 0.2) is 39.1 Å². The van der Waals surface area contributed by atoms with Crippen LogP contribution in [-0.4, -0.2) is 33.1 Å². The molecule has 1 aromatic carbocycles. The van der Waals surface area contributed by atoms with Gasteiger partial charge in [-0.25, -0.2) is 21.8 Å². The number of nitrogens with zero attached hydrogens (tertiary/aromatic N) is 1. The minimum absolute atomic E-state index is 0.0108. The maximum atomic E-state index is 12.3. The van der Waals surface area contributed by atoms with E-state index in [4.69, 9.17) is 0 Å². The van der Waals surface area contributed by atoms with Gasteiger partial charge < -0.3 is 4.98 Å². The first kappa shape index (κ1) is 17.2. The Bertz CT molecular complexity index is 1000. The highest BCUT2D eigenvalue weighted by Crippen LogP contribution is 2.16. The van der Waals surface area contributed by atoms with Crippen LogP contribution in [-0.2, 0) is 19.9 Å². The number of aromatic amines is 1. The number of nitrogens with one attached hydrogen (secondary N) is 2. The molecule has 0 bridgehead atoms. The molecule has 0 fully saturated rings. The summed E-state index contributed by atoms with van der Waals surface area (Å²) in [5.41, 5.74) is 0.556. The fraction of sp³-hybridized carbons (Fsp3) is 0.231.